The Morgan fingerprint density at radius 2 is 1.23 bits per heavy atom. The molecular formula is C48H61Cl2SiZr. The first-order chi connectivity index (χ1) is 24.3. The fourth-order valence-corrected chi connectivity index (χ4v) is 40.7. The van der Waals surface area contributed by atoms with Crippen molar-refractivity contribution in [3.8, 4) is 22.3 Å². The second kappa shape index (κ2) is 14.3. The summed E-state index contributed by atoms with van der Waals surface area (Å²) in [5.74, 6) is -1.35. The molecule has 0 aromatic heterocycles. The zero-order chi connectivity index (χ0) is 38.0. The summed E-state index contributed by atoms with van der Waals surface area (Å²) in [6.07, 6.45) is 8.40. The zero-order valence-corrected chi connectivity index (χ0v) is 39.0. The monoisotopic (exact) mass is 825 g/mol. The van der Waals surface area contributed by atoms with Gasteiger partial charge in [0.15, 0.2) is 0 Å². The maximum absolute atomic E-state index is 8.88. The molecule has 0 nitrogen and oxygen atoms in total. The molecule has 275 valence electrons. The van der Waals surface area contributed by atoms with Crippen molar-refractivity contribution >= 4 is 35.1 Å². The van der Waals surface area contributed by atoms with Gasteiger partial charge in [-0.15, -0.1) is 0 Å². The van der Waals surface area contributed by atoms with E-state index in [1.54, 1.807) is 0 Å². The summed E-state index contributed by atoms with van der Waals surface area (Å²) in [6, 6.07) is 30.2. The Morgan fingerprint density at radius 1 is 0.692 bits per heavy atom. The fourth-order valence-electron chi connectivity index (χ4n) is 9.14. The first-order valence-corrected chi connectivity index (χ1v) is 36.1. The number of aryl methyl sites for hydroxylation is 1. The molecule has 0 spiro atoms. The molecule has 0 saturated heterocycles. The summed E-state index contributed by atoms with van der Waals surface area (Å²) in [6.45, 7) is 28.0. The van der Waals surface area contributed by atoms with Gasteiger partial charge in [0.25, 0.3) is 0 Å². The Labute approximate surface area is 324 Å². The minimum absolute atomic E-state index is 0.0790. The van der Waals surface area contributed by atoms with Gasteiger partial charge in [0.05, 0.1) is 0 Å². The molecule has 2 unspecified atom stereocenters. The third-order valence-electron chi connectivity index (χ3n) is 12.4. The second-order valence-electron chi connectivity index (χ2n) is 18.6. The first-order valence-electron chi connectivity index (χ1n) is 19.8. The van der Waals surface area contributed by atoms with Crippen molar-refractivity contribution in [2.24, 2.45) is 5.92 Å². The quantitative estimate of drug-likeness (QED) is 0.147. The number of unbranched alkanes of at least 4 members (excludes halogenated alkanes) is 1. The van der Waals surface area contributed by atoms with Crippen LogP contribution in [0.25, 0.3) is 34.4 Å². The number of halogens is 2. The van der Waals surface area contributed by atoms with Gasteiger partial charge in [0, 0.05) is 0 Å². The first kappa shape index (κ1) is 39.7. The molecule has 0 bridgehead atoms. The summed E-state index contributed by atoms with van der Waals surface area (Å²) in [5, 5.41) is 0. The molecule has 0 radical (unpaired) electrons. The van der Waals surface area contributed by atoms with E-state index >= 15 is 0 Å². The Hall–Kier alpha value is -1.96. The van der Waals surface area contributed by atoms with Crippen molar-refractivity contribution in [3.05, 3.63) is 129 Å². The Bertz CT molecular complexity index is 2030. The van der Waals surface area contributed by atoms with E-state index in [-0.39, 0.29) is 18.1 Å². The average molecular weight is 828 g/mol. The Kier molecular flexibility index (Phi) is 10.9. The number of hydrogen-bond donors (Lipinski definition) is 0. The molecule has 0 N–H and O–H groups in total. The Balaban J connectivity index is 1.58. The summed E-state index contributed by atoms with van der Waals surface area (Å²) in [5.41, 5.74) is 17.8. The standard InChI is InChI=1S/C24H29.C22H25.C2H7Si.2ClH.Zr/c1-6-7-8-18-15-22-17(2)9-14-21(23(22)16-18)19-10-12-20(13-11-19)24(3,4)5;1-15(2)18-13-17-7-6-8-20(21(17)14-18)16-9-11-19(12-10-16)22(3,4)5;1-3-2;;;/h9-16H,6-8H2,1-5H3;6-15H,1-5H3;3H,1-2H3;2*1H;/q;;;;;+2/p-2. The van der Waals surface area contributed by atoms with Crippen LogP contribution in [0.2, 0.25) is 13.1 Å². The number of fused-ring (bicyclic) bond motifs is 2. The van der Waals surface area contributed by atoms with E-state index in [1.165, 1.54) is 72.3 Å². The summed E-state index contributed by atoms with van der Waals surface area (Å²) >= 11 is -4.94. The number of rotatable bonds is 9. The van der Waals surface area contributed by atoms with E-state index in [4.69, 9.17) is 17.0 Å². The van der Waals surface area contributed by atoms with Crippen molar-refractivity contribution in [2.75, 3.05) is 0 Å². The van der Waals surface area contributed by atoms with Crippen molar-refractivity contribution < 1.29 is 15.6 Å². The average Bonchev–Trinajstić information content (AvgIpc) is 3.68. The van der Waals surface area contributed by atoms with E-state index in [1.807, 2.05) is 0 Å². The molecule has 0 amide bonds. The van der Waals surface area contributed by atoms with Crippen LogP contribution in [0.15, 0.2) is 90.0 Å². The predicted molar refractivity (Wildman–Crippen MR) is 232 cm³/mol. The summed E-state index contributed by atoms with van der Waals surface area (Å²) in [7, 11) is 17.8. The molecule has 4 aromatic carbocycles. The van der Waals surface area contributed by atoms with Crippen molar-refractivity contribution in [3.63, 3.8) is 0 Å². The molecule has 4 heteroatoms. The van der Waals surface area contributed by atoms with Gasteiger partial charge in [-0.2, -0.15) is 0 Å². The molecule has 2 aliphatic carbocycles. The van der Waals surface area contributed by atoms with Gasteiger partial charge in [-0.05, 0) is 0 Å². The van der Waals surface area contributed by atoms with E-state index in [9.17, 15) is 0 Å². The van der Waals surface area contributed by atoms with Crippen LogP contribution < -0.4 is 0 Å². The molecule has 0 aliphatic heterocycles. The van der Waals surface area contributed by atoms with Gasteiger partial charge in [0.2, 0.25) is 0 Å². The molecule has 0 heterocycles. The van der Waals surface area contributed by atoms with Gasteiger partial charge in [-0.25, -0.2) is 0 Å². The van der Waals surface area contributed by atoms with Gasteiger partial charge >= 0.3 is 327 Å². The second-order valence-corrected chi connectivity index (χ2v) is 61.1. The number of hydrogen-bond acceptors (Lipinski definition) is 0. The molecule has 0 fully saturated rings. The summed E-state index contributed by atoms with van der Waals surface area (Å²) < 4.78 is 0.176. The van der Waals surface area contributed by atoms with Crippen LogP contribution in [0, 0.1) is 12.8 Å². The third kappa shape index (κ3) is 6.80. The molecule has 6 rings (SSSR count). The topological polar surface area (TPSA) is 0 Å². The van der Waals surface area contributed by atoms with Crippen LogP contribution in [0.1, 0.15) is 128 Å². The maximum atomic E-state index is 8.88. The van der Waals surface area contributed by atoms with E-state index in [0.29, 0.717) is 5.92 Å². The Morgan fingerprint density at radius 3 is 1.71 bits per heavy atom. The SMILES string of the molecule is CCCCC1=Cc2c(-c3ccc(C(C)(C)C)cc3)ccc(C)c2[CH]1[Zr]([Cl])([Cl])([CH]1C(C(C)C)=Cc2c(-c3ccc(C(C)(C)C)cc3)cccc21)[SiH](C)C. The normalized spacial score (nSPS) is 18.3. The van der Waals surface area contributed by atoms with Gasteiger partial charge in [0.1, 0.15) is 0 Å². The number of benzene rings is 4. The van der Waals surface area contributed by atoms with Crippen LogP contribution in [0.5, 0.6) is 0 Å². The van der Waals surface area contributed by atoms with Gasteiger partial charge in [-0.3, -0.25) is 0 Å². The summed E-state index contributed by atoms with van der Waals surface area (Å²) in [4.78, 5) is 0. The molecule has 52 heavy (non-hydrogen) atoms. The molecule has 2 aliphatic rings. The minimum atomic E-state index is -4.94. The van der Waals surface area contributed by atoms with Crippen LogP contribution in [0.3, 0.4) is 0 Å². The zero-order valence-electron chi connectivity index (χ0n) is 33.8. The van der Waals surface area contributed by atoms with Crippen LogP contribution >= 0.6 is 17.0 Å². The van der Waals surface area contributed by atoms with Crippen LogP contribution in [-0.4, -0.2) is 5.92 Å². The fraction of sp³-hybridized carbons (Fsp3) is 0.417. The van der Waals surface area contributed by atoms with E-state index < -0.39 is 21.5 Å². The third-order valence-corrected chi connectivity index (χ3v) is 64.1. The number of allylic oxidation sites excluding steroid dienone is 2. The molecule has 0 saturated carbocycles. The van der Waals surface area contributed by atoms with Crippen molar-refractivity contribution in [1.29, 1.82) is 0 Å². The van der Waals surface area contributed by atoms with Crippen LogP contribution in [-0.2, 0) is 26.4 Å². The van der Waals surface area contributed by atoms with Gasteiger partial charge < -0.3 is 0 Å². The predicted octanol–water partition coefficient (Wildman–Crippen LogP) is 15.3. The van der Waals surface area contributed by atoms with Crippen molar-refractivity contribution in [1.82, 2.24) is 0 Å². The van der Waals surface area contributed by atoms with Crippen molar-refractivity contribution in [2.45, 2.75) is 120 Å². The van der Waals surface area contributed by atoms with Gasteiger partial charge in [-0.1, -0.05) is 0 Å². The van der Waals surface area contributed by atoms with Crippen LogP contribution in [0.4, 0.5) is 0 Å². The molecular weight excluding hydrogens is 767 g/mol. The van der Waals surface area contributed by atoms with E-state index in [0.717, 1.165) is 19.3 Å². The molecule has 2 atom stereocenters. The molecule has 4 aromatic rings. The van der Waals surface area contributed by atoms with E-state index in [2.05, 4.69) is 173 Å².